The van der Waals surface area contributed by atoms with Crippen LogP contribution in [0.2, 0.25) is 0 Å². The Bertz CT molecular complexity index is 309. The second-order valence-corrected chi connectivity index (χ2v) is 6.05. The monoisotopic (exact) mass is 269 g/mol. The normalized spacial score (nSPS) is 32.1. The first-order valence-corrected chi connectivity index (χ1v) is 7.47. The summed E-state index contributed by atoms with van der Waals surface area (Å²) in [6.45, 7) is 7.97. The first-order chi connectivity index (χ1) is 9.10. The lowest BCUT2D eigenvalue weighted by Crippen LogP contribution is -2.39. The van der Waals surface area contributed by atoms with E-state index >= 15 is 0 Å². The van der Waals surface area contributed by atoms with E-state index in [1.54, 1.807) is 0 Å². The number of rotatable bonds is 5. The lowest BCUT2D eigenvalue weighted by Gasteiger charge is -2.20. The second-order valence-electron chi connectivity index (χ2n) is 6.05. The van der Waals surface area contributed by atoms with Crippen molar-refractivity contribution in [2.45, 2.75) is 51.4 Å². The van der Waals surface area contributed by atoms with E-state index in [4.69, 9.17) is 10.5 Å². The van der Waals surface area contributed by atoms with Gasteiger partial charge in [0.2, 0.25) is 5.91 Å². The maximum atomic E-state index is 12.0. The van der Waals surface area contributed by atoms with Gasteiger partial charge in [0.25, 0.3) is 0 Å². The van der Waals surface area contributed by atoms with Crippen LogP contribution in [-0.4, -0.2) is 55.2 Å². The topological polar surface area (TPSA) is 67.6 Å². The van der Waals surface area contributed by atoms with Crippen LogP contribution >= 0.6 is 0 Å². The third kappa shape index (κ3) is 3.91. The standard InChI is InChI=1S/C14H27N3O2/c1-10(2)17-6-5-11(9-17)8-16-14(18)13-4-3-12(7-15)19-13/h10-13H,3-9,15H2,1-2H3,(H,16,18). The Hall–Kier alpha value is -0.650. The molecular weight excluding hydrogens is 242 g/mol. The molecule has 3 N–H and O–H groups in total. The van der Waals surface area contributed by atoms with Crippen molar-refractivity contribution in [3.63, 3.8) is 0 Å². The van der Waals surface area contributed by atoms with Gasteiger partial charge in [0.15, 0.2) is 0 Å². The van der Waals surface area contributed by atoms with E-state index in [0.717, 1.165) is 32.5 Å². The van der Waals surface area contributed by atoms with Gasteiger partial charge in [0, 0.05) is 25.7 Å². The first-order valence-electron chi connectivity index (χ1n) is 7.47. The average molecular weight is 269 g/mol. The molecule has 1 amide bonds. The second kappa shape index (κ2) is 6.68. The summed E-state index contributed by atoms with van der Waals surface area (Å²) in [5.74, 6) is 0.622. The van der Waals surface area contributed by atoms with Crippen molar-refractivity contribution in [1.29, 1.82) is 0 Å². The molecule has 0 saturated carbocycles. The van der Waals surface area contributed by atoms with E-state index in [1.165, 1.54) is 6.42 Å². The van der Waals surface area contributed by atoms with Crippen LogP contribution in [0.3, 0.4) is 0 Å². The Morgan fingerprint density at radius 2 is 2.21 bits per heavy atom. The van der Waals surface area contributed by atoms with Gasteiger partial charge >= 0.3 is 0 Å². The predicted octanol–water partition coefficient (Wildman–Crippen LogP) is 0.339. The number of likely N-dealkylation sites (tertiary alicyclic amines) is 1. The lowest BCUT2D eigenvalue weighted by atomic mass is 10.1. The Morgan fingerprint density at radius 3 is 2.79 bits per heavy atom. The van der Waals surface area contributed by atoms with Crippen LogP contribution in [-0.2, 0) is 9.53 Å². The summed E-state index contributed by atoms with van der Waals surface area (Å²) in [4.78, 5) is 14.5. The van der Waals surface area contributed by atoms with Crippen molar-refractivity contribution in [3.8, 4) is 0 Å². The van der Waals surface area contributed by atoms with E-state index in [2.05, 4.69) is 24.1 Å². The SMILES string of the molecule is CC(C)N1CCC(CNC(=O)C2CCC(CN)O2)C1. The van der Waals surface area contributed by atoms with Gasteiger partial charge in [-0.2, -0.15) is 0 Å². The lowest BCUT2D eigenvalue weighted by molar-refractivity contribution is -0.132. The predicted molar refractivity (Wildman–Crippen MR) is 74.8 cm³/mol. The summed E-state index contributed by atoms with van der Waals surface area (Å²) >= 11 is 0. The van der Waals surface area contributed by atoms with Crippen LogP contribution in [0.15, 0.2) is 0 Å². The fraction of sp³-hybridized carbons (Fsp3) is 0.929. The number of nitrogens with zero attached hydrogens (tertiary/aromatic N) is 1. The molecule has 110 valence electrons. The van der Waals surface area contributed by atoms with Crippen molar-refractivity contribution in [2.75, 3.05) is 26.2 Å². The molecule has 19 heavy (non-hydrogen) atoms. The molecule has 5 nitrogen and oxygen atoms in total. The van der Waals surface area contributed by atoms with Crippen LogP contribution in [0, 0.1) is 5.92 Å². The van der Waals surface area contributed by atoms with E-state index in [0.29, 0.717) is 18.5 Å². The smallest absolute Gasteiger partial charge is 0.249 e. The van der Waals surface area contributed by atoms with E-state index in [9.17, 15) is 4.79 Å². The van der Waals surface area contributed by atoms with Gasteiger partial charge in [0.1, 0.15) is 6.10 Å². The number of ether oxygens (including phenoxy) is 1. The number of hydrogen-bond acceptors (Lipinski definition) is 4. The van der Waals surface area contributed by atoms with Crippen LogP contribution in [0.1, 0.15) is 33.1 Å². The van der Waals surface area contributed by atoms with Gasteiger partial charge in [-0.1, -0.05) is 0 Å². The fourth-order valence-electron chi connectivity index (χ4n) is 2.93. The number of carbonyl (C=O) groups excluding carboxylic acids is 1. The number of amides is 1. The molecule has 2 fully saturated rings. The maximum Gasteiger partial charge on any atom is 0.249 e. The van der Waals surface area contributed by atoms with E-state index < -0.39 is 0 Å². The zero-order valence-corrected chi connectivity index (χ0v) is 12.1. The number of carbonyl (C=O) groups is 1. The molecule has 0 aromatic rings. The Kier molecular flexibility index (Phi) is 5.19. The maximum absolute atomic E-state index is 12.0. The Labute approximate surface area is 115 Å². The highest BCUT2D eigenvalue weighted by Crippen LogP contribution is 2.20. The summed E-state index contributed by atoms with van der Waals surface area (Å²) in [6, 6.07) is 0.601. The molecule has 2 rings (SSSR count). The highest BCUT2D eigenvalue weighted by atomic mass is 16.5. The summed E-state index contributed by atoms with van der Waals surface area (Å²) < 4.78 is 5.60. The van der Waals surface area contributed by atoms with Crippen LogP contribution in [0.4, 0.5) is 0 Å². The Morgan fingerprint density at radius 1 is 1.42 bits per heavy atom. The van der Waals surface area contributed by atoms with Crippen molar-refractivity contribution >= 4 is 5.91 Å². The summed E-state index contributed by atoms with van der Waals surface area (Å²) in [5.41, 5.74) is 5.55. The van der Waals surface area contributed by atoms with Gasteiger partial charge in [-0.3, -0.25) is 4.79 Å². The number of nitrogens with one attached hydrogen (secondary N) is 1. The minimum atomic E-state index is -0.281. The molecule has 0 aromatic heterocycles. The minimum absolute atomic E-state index is 0.0407. The molecule has 5 heteroatoms. The third-order valence-electron chi connectivity index (χ3n) is 4.28. The van der Waals surface area contributed by atoms with Crippen molar-refractivity contribution in [2.24, 2.45) is 11.7 Å². The molecule has 0 spiro atoms. The average Bonchev–Trinajstić information content (AvgIpc) is 3.04. The van der Waals surface area contributed by atoms with E-state index in [-0.39, 0.29) is 18.1 Å². The molecule has 2 saturated heterocycles. The summed E-state index contributed by atoms with van der Waals surface area (Å²) in [5, 5.41) is 3.04. The quantitative estimate of drug-likeness (QED) is 0.755. The third-order valence-corrected chi connectivity index (χ3v) is 4.28. The highest BCUT2D eigenvalue weighted by molar-refractivity contribution is 5.81. The fourth-order valence-corrected chi connectivity index (χ4v) is 2.93. The summed E-state index contributed by atoms with van der Waals surface area (Å²) in [7, 11) is 0. The van der Waals surface area contributed by atoms with Gasteiger partial charge in [0.05, 0.1) is 6.10 Å². The van der Waals surface area contributed by atoms with E-state index in [1.807, 2.05) is 0 Å². The summed E-state index contributed by atoms with van der Waals surface area (Å²) in [6.07, 6.45) is 2.67. The zero-order valence-electron chi connectivity index (χ0n) is 12.1. The molecule has 0 bridgehead atoms. The van der Waals surface area contributed by atoms with Gasteiger partial charge in [-0.25, -0.2) is 0 Å². The molecular formula is C14H27N3O2. The van der Waals surface area contributed by atoms with Crippen LogP contribution in [0.5, 0.6) is 0 Å². The number of hydrogen-bond donors (Lipinski definition) is 2. The largest absolute Gasteiger partial charge is 0.364 e. The van der Waals surface area contributed by atoms with Gasteiger partial charge in [-0.05, 0) is 45.6 Å². The van der Waals surface area contributed by atoms with Gasteiger partial charge in [-0.15, -0.1) is 0 Å². The van der Waals surface area contributed by atoms with Crippen LogP contribution < -0.4 is 11.1 Å². The number of nitrogens with two attached hydrogens (primary N) is 1. The molecule has 2 aliphatic heterocycles. The minimum Gasteiger partial charge on any atom is -0.364 e. The molecule has 2 aliphatic rings. The molecule has 3 atom stereocenters. The van der Waals surface area contributed by atoms with Crippen molar-refractivity contribution < 1.29 is 9.53 Å². The van der Waals surface area contributed by atoms with Gasteiger partial charge < -0.3 is 20.7 Å². The van der Waals surface area contributed by atoms with Crippen molar-refractivity contribution in [1.82, 2.24) is 10.2 Å². The zero-order chi connectivity index (χ0) is 13.8. The molecule has 2 heterocycles. The molecule has 3 unspecified atom stereocenters. The molecule has 0 radical (unpaired) electrons. The molecule has 0 aromatic carbocycles. The van der Waals surface area contributed by atoms with Crippen molar-refractivity contribution in [3.05, 3.63) is 0 Å². The van der Waals surface area contributed by atoms with Crippen LogP contribution in [0.25, 0.3) is 0 Å². The Balaban J connectivity index is 1.67. The first kappa shape index (κ1) is 14.8. The molecule has 0 aliphatic carbocycles. The highest BCUT2D eigenvalue weighted by Gasteiger charge is 2.31.